The highest BCUT2D eigenvalue weighted by molar-refractivity contribution is 7.89. The lowest BCUT2D eigenvalue weighted by molar-refractivity contribution is -0.118. The monoisotopic (exact) mass is 495 g/mol. The lowest BCUT2D eigenvalue weighted by atomic mass is 10.2. The number of nitrogens with one attached hydrogen (secondary N) is 2. The Kier molecular flexibility index (Phi) is 7.78. The number of carbonyl (C=O) groups excluding carboxylic acids is 1. The lowest BCUT2D eigenvalue weighted by Crippen LogP contribution is -2.32. The number of hydrogen-bond acceptors (Lipinski definition) is 6. The maximum atomic E-state index is 12.5. The number of amides is 1. The SMILES string of the molecule is Cc1ccc(S(=O)(=O)N(C)C)cc1NC(=O)COc1ccc(S(=O)(=O)NC2CCCC2)cc1. The molecule has 180 valence electrons. The molecular formula is C22H29N3O6S2. The van der Waals surface area contributed by atoms with Gasteiger partial charge in [-0.2, -0.15) is 0 Å². The third kappa shape index (κ3) is 6.32. The van der Waals surface area contributed by atoms with Gasteiger partial charge in [0.1, 0.15) is 5.75 Å². The molecule has 0 aromatic heterocycles. The van der Waals surface area contributed by atoms with Crippen LogP contribution in [0.5, 0.6) is 5.75 Å². The smallest absolute Gasteiger partial charge is 0.262 e. The van der Waals surface area contributed by atoms with Crippen molar-refractivity contribution in [3.05, 3.63) is 48.0 Å². The first-order chi connectivity index (χ1) is 15.5. The summed E-state index contributed by atoms with van der Waals surface area (Å²) in [4.78, 5) is 12.6. The molecule has 1 fully saturated rings. The van der Waals surface area contributed by atoms with Crippen LogP contribution in [0.1, 0.15) is 31.2 Å². The minimum absolute atomic E-state index is 0.0238. The van der Waals surface area contributed by atoms with Crippen molar-refractivity contribution >= 4 is 31.6 Å². The second kappa shape index (κ2) is 10.2. The molecule has 0 radical (unpaired) electrons. The zero-order chi connectivity index (χ0) is 24.2. The molecule has 2 aromatic carbocycles. The summed E-state index contributed by atoms with van der Waals surface area (Å²) >= 11 is 0. The molecule has 9 nitrogen and oxygen atoms in total. The topological polar surface area (TPSA) is 122 Å². The average Bonchev–Trinajstić information content (AvgIpc) is 3.26. The van der Waals surface area contributed by atoms with Gasteiger partial charge in [-0.25, -0.2) is 25.9 Å². The van der Waals surface area contributed by atoms with Gasteiger partial charge in [-0.1, -0.05) is 18.9 Å². The number of hydrogen-bond donors (Lipinski definition) is 2. The van der Waals surface area contributed by atoms with Gasteiger partial charge in [0.2, 0.25) is 20.0 Å². The number of aryl methyl sites for hydroxylation is 1. The maximum absolute atomic E-state index is 12.5. The Morgan fingerprint density at radius 1 is 1.00 bits per heavy atom. The van der Waals surface area contributed by atoms with E-state index < -0.39 is 26.0 Å². The highest BCUT2D eigenvalue weighted by Gasteiger charge is 2.23. The van der Waals surface area contributed by atoms with E-state index >= 15 is 0 Å². The summed E-state index contributed by atoms with van der Waals surface area (Å²) in [6, 6.07) is 10.3. The van der Waals surface area contributed by atoms with Crippen molar-refractivity contribution in [2.75, 3.05) is 26.0 Å². The van der Waals surface area contributed by atoms with Gasteiger partial charge in [0.05, 0.1) is 9.79 Å². The molecule has 33 heavy (non-hydrogen) atoms. The summed E-state index contributed by atoms with van der Waals surface area (Å²) in [6.45, 7) is 1.43. The summed E-state index contributed by atoms with van der Waals surface area (Å²) in [5.41, 5.74) is 1.07. The summed E-state index contributed by atoms with van der Waals surface area (Å²) in [6.07, 6.45) is 3.74. The van der Waals surface area contributed by atoms with Crippen LogP contribution >= 0.6 is 0 Å². The lowest BCUT2D eigenvalue weighted by Gasteiger charge is -2.15. The fraction of sp³-hybridized carbons (Fsp3) is 0.409. The minimum atomic E-state index is -3.63. The second-order valence-electron chi connectivity index (χ2n) is 8.18. The normalized spacial score (nSPS) is 15.0. The van der Waals surface area contributed by atoms with Gasteiger partial charge in [0, 0.05) is 25.8 Å². The van der Waals surface area contributed by atoms with Crippen LogP contribution in [0.15, 0.2) is 52.3 Å². The first-order valence-electron chi connectivity index (χ1n) is 10.6. The van der Waals surface area contributed by atoms with Gasteiger partial charge in [-0.3, -0.25) is 4.79 Å². The zero-order valence-electron chi connectivity index (χ0n) is 18.9. The summed E-state index contributed by atoms with van der Waals surface area (Å²) in [7, 11) is -4.37. The van der Waals surface area contributed by atoms with Crippen molar-refractivity contribution in [1.82, 2.24) is 9.03 Å². The number of rotatable bonds is 9. The molecule has 1 saturated carbocycles. The second-order valence-corrected chi connectivity index (χ2v) is 12.0. The Labute approximate surface area is 195 Å². The molecule has 0 heterocycles. The van der Waals surface area contributed by atoms with E-state index in [9.17, 15) is 21.6 Å². The Morgan fingerprint density at radius 2 is 1.61 bits per heavy atom. The van der Waals surface area contributed by atoms with E-state index in [1.165, 1.54) is 50.5 Å². The fourth-order valence-electron chi connectivity index (χ4n) is 3.49. The number of nitrogens with zero attached hydrogens (tertiary/aromatic N) is 1. The Balaban J connectivity index is 1.60. The molecule has 0 spiro atoms. The summed E-state index contributed by atoms with van der Waals surface area (Å²) in [5, 5.41) is 2.66. The number of benzene rings is 2. The largest absolute Gasteiger partial charge is 0.484 e. The Hall–Kier alpha value is -2.47. The molecule has 2 aromatic rings. The van der Waals surface area contributed by atoms with Gasteiger partial charge in [0.15, 0.2) is 6.61 Å². The predicted molar refractivity (Wildman–Crippen MR) is 125 cm³/mol. The van der Waals surface area contributed by atoms with Crippen LogP contribution in [-0.2, 0) is 24.8 Å². The van der Waals surface area contributed by atoms with Crippen LogP contribution in [-0.4, -0.2) is 53.8 Å². The van der Waals surface area contributed by atoms with Crippen molar-refractivity contribution in [3.8, 4) is 5.75 Å². The first kappa shape index (κ1) is 25.2. The molecule has 1 aliphatic carbocycles. The standard InChI is InChI=1S/C22H29N3O6S2/c1-16-8-11-20(33(29,30)25(2)3)14-21(16)23-22(26)15-31-18-9-12-19(13-10-18)32(27,28)24-17-6-4-5-7-17/h8-14,17,24H,4-7,15H2,1-3H3,(H,23,26). The summed E-state index contributed by atoms with van der Waals surface area (Å²) < 4.78 is 58.9. The van der Waals surface area contributed by atoms with Gasteiger partial charge >= 0.3 is 0 Å². The van der Waals surface area contributed by atoms with Crippen LogP contribution in [0.3, 0.4) is 0 Å². The van der Waals surface area contributed by atoms with Crippen LogP contribution in [0, 0.1) is 6.92 Å². The van der Waals surface area contributed by atoms with E-state index in [1.54, 1.807) is 13.0 Å². The van der Waals surface area contributed by atoms with Crippen molar-refractivity contribution in [2.45, 2.75) is 48.4 Å². The first-order valence-corrected chi connectivity index (χ1v) is 13.5. The van der Waals surface area contributed by atoms with E-state index in [2.05, 4.69) is 10.0 Å². The molecule has 1 amide bonds. The molecule has 0 saturated heterocycles. The third-order valence-electron chi connectivity index (χ3n) is 5.44. The molecule has 0 atom stereocenters. The van der Waals surface area contributed by atoms with Crippen molar-refractivity contribution < 1.29 is 26.4 Å². The molecular weight excluding hydrogens is 466 g/mol. The number of anilines is 1. The van der Waals surface area contributed by atoms with Crippen LogP contribution in [0.4, 0.5) is 5.69 Å². The van der Waals surface area contributed by atoms with Crippen LogP contribution in [0.25, 0.3) is 0 Å². The molecule has 0 bridgehead atoms. The van der Waals surface area contributed by atoms with E-state index in [1.807, 2.05) is 0 Å². The Morgan fingerprint density at radius 3 is 2.21 bits per heavy atom. The van der Waals surface area contributed by atoms with Gasteiger partial charge in [0.25, 0.3) is 5.91 Å². The highest BCUT2D eigenvalue weighted by Crippen LogP contribution is 2.23. The molecule has 3 rings (SSSR count). The fourth-order valence-corrected chi connectivity index (χ4v) is 5.72. The van der Waals surface area contributed by atoms with E-state index in [-0.39, 0.29) is 22.4 Å². The average molecular weight is 496 g/mol. The molecule has 1 aliphatic rings. The summed E-state index contributed by atoms with van der Waals surface area (Å²) in [5.74, 6) is -0.136. The van der Waals surface area contributed by atoms with Crippen molar-refractivity contribution in [3.63, 3.8) is 0 Å². The molecule has 0 unspecified atom stereocenters. The predicted octanol–water partition coefficient (Wildman–Crippen LogP) is 2.48. The molecule has 0 aliphatic heterocycles. The van der Waals surface area contributed by atoms with Crippen LogP contribution < -0.4 is 14.8 Å². The number of carbonyl (C=O) groups is 1. The minimum Gasteiger partial charge on any atom is -0.484 e. The molecule has 2 N–H and O–H groups in total. The highest BCUT2D eigenvalue weighted by atomic mass is 32.2. The Bertz CT molecular complexity index is 1200. The van der Waals surface area contributed by atoms with Gasteiger partial charge in [-0.15, -0.1) is 0 Å². The number of sulfonamides is 2. The van der Waals surface area contributed by atoms with Crippen LogP contribution in [0.2, 0.25) is 0 Å². The number of ether oxygens (including phenoxy) is 1. The zero-order valence-corrected chi connectivity index (χ0v) is 20.5. The van der Waals surface area contributed by atoms with E-state index in [0.717, 1.165) is 30.0 Å². The van der Waals surface area contributed by atoms with Gasteiger partial charge < -0.3 is 10.1 Å². The van der Waals surface area contributed by atoms with Crippen molar-refractivity contribution in [2.24, 2.45) is 0 Å². The third-order valence-corrected chi connectivity index (χ3v) is 8.79. The maximum Gasteiger partial charge on any atom is 0.262 e. The quantitative estimate of drug-likeness (QED) is 0.551. The van der Waals surface area contributed by atoms with Gasteiger partial charge in [-0.05, 0) is 61.7 Å². The molecule has 11 heteroatoms. The van der Waals surface area contributed by atoms with Crippen molar-refractivity contribution in [1.29, 1.82) is 0 Å². The van der Waals surface area contributed by atoms with E-state index in [0.29, 0.717) is 17.0 Å². The van der Waals surface area contributed by atoms with E-state index in [4.69, 9.17) is 4.74 Å².